The van der Waals surface area contributed by atoms with Crippen LogP contribution in [0.4, 0.5) is 25.8 Å². The number of nitro groups is 1. The smallest absolute Gasteiger partial charge is 0.295 e. The molecule has 2 N–H and O–H groups in total. The third-order valence-corrected chi connectivity index (χ3v) is 5.77. The first-order valence-corrected chi connectivity index (χ1v) is 9.75. The molecule has 1 saturated carbocycles. The molecule has 1 amide bonds. The molecule has 1 heterocycles. The van der Waals surface area contributed by atoms with E-state index >= 15 is 0 Å². The molecule has 0 bridgehead atoms. The van der Waals surface area contributed by atoms with Crippen LogP contribution in [0.2, 0.25) is 0 Å². The molecule has 0 radical (unpaired) electrons. The summed E-state index contributed by atoms with van der Waals surface area (Å²) in [5, 5.41) is 14.1. The summed E-state index contributed by atoms with van der Waals surface area (Å²) in [7, 11) is 0. The van der Waals surface area contributed by atoms with Crippen LogP contribution in [-0.2, 0) is 10.2 Å². The van der Waals surface area contributed by atoms with Crippen LogP contribution in [0.15, 0.2) is 35.2 Å². The van der Waals surface area contributed by atoms with Gasteiger partial charge < -0.3 is 10.0 Å². The number of amides is 1. The summed E-state index contributed by atoms with van der Waals surface area (Å²) in [6.07, 6.45) is 2.17. The fourth-order valence-electron chi connectivity index (χ4n) is 3.39. The van der Waals surface area contributed by atoms with Gasteiger partial charge in [0.15, 0.2) is 0 Å². The summed E-state index contributed by atoms with van der Waals surface area (Å²) < 4.78 is 29.6. The fourth-order valence-corrected chi connectivity index (χ4v) is 4.03. The maximum absolute atomic E-state index is 13.8. The van der Waals surface area contributed by atoms with Crippen molar-refractivity contribution in [2.75, 3.05) is 10.0 Å². The summed E-state index contributed by atoms with van der Waals surface area (Å²) in [6.45, 7) is 4.00. The summed E-state index contributed by atoms with van der Waals surface area (Å²) in [4.78, 5) is 23.4. The minimum atomic E-state index is -0.731. The Hall–Kier alpha value is -2.68. The lowest BCUT2D eigenvalue weighted by molar-refractivity contribution is -0.383. The Morgan fingerprint density at radius 3 is 2.50 bits per heavy atom. The highest BCUT2D eigenvalue weighted by molar-refractivity contribution is 8.00. The molecule has 1 aliphatic carbocycles. The van der Waals surface area contributed by atoms with Crippen molar-refractivity contribution in [3.8, 4) is 0 Å². The zero-order chi connectivity index (χ0) is 20.5. The number of anilines is 2. The van der Waals surface area contributed by atoms with Gasteiger partial charge in [-0.1, -0.05) is 20.3 Å². The Kier molecular flexibility index (Phi) is 5.55. The predicted octanol–water partition coefficient (Wildman–Crippen LogP) is 5.39. The molecule has 1 spiro atoms. The van der Waals surface area contributed by atoms with Crippen LogP contribution in [0.25, 0.3) is 0 Å². The lowest BCUT2D eigenvalue weighted by atomic mass is 9.65. The van der Waals surface area contributed by atoms with Gasteiger partial charge in [0.1, 0.15) is 17.3 Å². The third-order valence-electron chi connectivity index (χ3n) is 4.88. The van der Waals surface area contributed by atoms with Gasteiger partial charge in [0, 0.05) is 17.7 Å². The second-order valence-corrected chi connectivity index (χ2v) is 7.19. The van der Waals surface area contributed by atoms with E-state index in [1.54, 1.807) is 6.07 Å². The standard InChI is InChI=1S/C17H13F2N3O3S.C2H6/c18-9-2-3-14(12(19)6-9)26-21-10-7-11-15(13(8-10)22(24)25)20-16(23)17(11)4-1-5-17;1-2/h2-3,6-8,21H,1,4-5H2,(H,20,23);1-2H3. The Balaban J connectivity index is 0.00000109. The highest BCUT2D eigenvalue weighted by Gasteiger charge is 2.53. The molecule has 4 rings (SSSR count). The number of nitro benzene ring substituents is 1. The number of halogens is 2. The zero-order valence-corrected chi connectivity index (χ0v) is 16.2. The van der Waals surface area contributed by atoms with Crippen molar-refractivity contribution in [2.24, 2.45) is 0 Å². The topological polar surface area (TPSA) is 84.3 Å². The molecule has 0 atom stereocenters. The van der Waals surface area contributed by atoms with Gasteiger partial charge in [0.05, 0.1) is 20.9 Å². The average Bonchev–Trinajstić information content (AvgIpc) is 2.93. The van der Waals surface area contributed by atoms with E-state index in [0.717, 1.165) is 30.5 Å². The molecule has 2 aliphatic rings. The molecule has 0 unspecified atom stereocenters. The van der Waals surface area contributed by atoms with Crippen molar-refractivity contribution < 1.29 is 18.5 Å². The van der Waals surface area contributed by atoms with E-state index < -0.39 is 22.0 Å². The number of carbonyl (C=O) groups is 1. The first-order chi connectivity index (χ1) is 13.4. The quantitative estimate of drug-likeness (QED) is 0.403. The van der Waals surface area contributed by atoms with Crippen LogP contribution in [0.1, 0.15) is 38.7 Å². The van der Waals surface area contributed by atoms with Crippen molar-refractivity contribution in [3.63, 3.8) is 0 Å². The molecule has 0 aromatic heterocycles. The predicted molar refractivity (Wildman–Crippen MR) is 104 cm³/mol. The lowest BCUT2D eigenvalue weighted by Gasteiger charge is -2.36. The number of rotatable bonds is 4. The van der Waals surface area contributed by atoms with E-state index in [2.05, 4.69) is 10.0 Å². The number of nitrogens with one attached hydrogen (secondary N) is 2. The van der Waals surface area contributed by atoms with E-state index in [1.807, 2.05) is 13.8 Å². The minimum absolute atomic E-state index is 0.155. The zero-order valence-electron chi connectivity index (χ0n) is 15.3. The number of hydrogen-bond acceptors (Lipinski definition) is 5. The number of carbonyl (C=O) groups excluding carboxylic acids is 1. The maximum atomic E-state index is 13.8. The number of benzene rings is 2. The van der Waals surface area contributed by atoms with E-state index in [0.29, 0.717) is 24.1 Å². The summed E-state index contributed by atoms with van der Waals surface area (Å²) in [5.41, 5.74) is 0.312. The number of fused-ring (bicyclic) bond motifs is 2. The van der Waals surface area contributed by atoms with Crippen LogP contribution < -0.4 is 10.0 Å². The summed E-state index contributed by atoms with van der Waals surface area (Å²) >= 11 is 0.882. The van der Waals surface area contributed by atoms with Crippen molar-refractivity contribution >= 4 is 34.9 Å². The van der Waals surface area contributed by atoms with Gasteiger partial charge >= 0.3 is 0 Å². The normalized spacial score (nSPS) is 15.8. The van der Waals surface area contributed by atoms with Crippen molar-refractivity contribution in [3.05, 3.63) is 57.6 Å². The highest BCUT2D eigenvalue weighted by Crippen LogP contribution is 2.54. The van der Waals surface area contributed by atoms with Crippen molar-refractivity contribution in [1.29, 1.82) is 0 Å². The van der Waals surface area contributed by atoms with Gasteiger partial charge in [-0.3, -0.25) is 14.9 Å². The van der Waals surface area contributed by atoms with Gasteiger partial charge in [0.25, 0.3) is 5.69 Å². The van der Waals surface area contributed by atoms with Crippen LogP contribution >= 0.6 is 11.9 Å². The molecule has 1 fully saturated rings. The minimum Gasteiger partial charge on any atom is -0.325 e. The van der Waals surface area contributed by atoms with Crippen LogP contribution in [0.3, 0.4) is 0 Å². The molecule has 2 aromatic carbocycles. The van der Waals surface area contributed by atoms with Gasteiger partial charge in [0.2, 0.25) is 5.91 Å². The monoisotopic (exact) mass is 407 g/mol. The van der Waals surface area contributed by atoms with Crippen LogP contribution in [0, 0.1) is 21.7 Å². The Bertz CT molecular complexity index is 948. The van der Waals surface area contributed by atoms with Crippen molar-refractivity contribution in [1.82, 2.24) is 0 Å². The SMILES string of the molecule is CC.O=C1Nc2c([N+](=O)[O-])cc(NSc3ccc(F)cc3F)cc2C12CCC2. The summed E-state index contributed by atoms with van der Waals surface area (Å²) in [5.74, 6) is -1.63. The molecule has 148 valence electrons. The largest absolute Gasteiger partial charge is 0.325 e. The van der Waals surface area contributed by atoms with Crippen molar-refractivity contribution in [2.45, 2.75) is 43.4 Å². The molecule has 6 nitrogen and oxygen atoms in total. The molecule has 9 heteroatoms. The van der Waals surface area contributed by atoms with E-state index in [4.69, 9.17) is 0 Å². The van der Waals surface area contributed by atoms with Crippen LogP contribution in [0.5, 0.6) is 0 Å². The lowest BCUT2D eigenvalue weighted by Crippen LogP contribution is -2.40. The second kappa shape index (κ2) is 7.75. The molecule has 0 saturated heterocycles. The molecular weight excluding hydrogens is 388 g/mol. The third kappa shape index (κ3) is 3.30. The maximum Gasteiger partial charge on any atom is 0.295 e. The molecule has 28 heavy (non-hydrogen) atoms. The van der Waals surface area contributed by atoms with Gasteiger partial charge in [-0.2, -0.15) is 0 Å². The Morgan fingerprint density at radius 2 is 1.93 bits per heavy atom. The first kappa shape index (κ1) is 20.1. The molecular formula is C19H19F2N3O3S. The van der Waals surface area contributed by atoms with E-state index in [1.165, 1.54) is 12.1 Å². The van der Waals surface area contributed by atoms with E-state index in [9.17, 15) is 23.7 Å². The van der Waals surface area contributed by atoms with Crippen LogP contribution in [-0.4, -0.2) is 10.8 Å². The number of hydrogen-bond donors (Lipinski definition) is 2. The molecule has 1 aliphatic heterocycles. The Labute approximate surface area is 165 Å². The fraction of sp³-hybridized carbons (Fsp3) is 0.316. The highest BCUT2D eigenvalue weighted by atomic mass is 32.2. The molecule has 2 aromatic rings. The number of nitrogens with zero attached hydrogens (tertiary/aromatic N) is 1. The second-order valence-electron chi connectivity index (χ2n) is 6.34. The average molecular weight is 407 g/mol. The summed E-state index contributed by atoms with van der Waals surface area (Å²) in [6, 6.07) is 6.16. The van der Waals surface area contributed by atoms with E-state index in [-0.39, 0.29) is 22.2 Å². The van der Waals surface area contributed by atoms with Gasteiger partial charge in [-0.05, 0) is 43.0 Å². The van der Waals surface area contributed by atoms with Gasteiger partial charge in [-0.25, -0.2) is 8.78 Å². The first-order valence-electron chi connectivity index (χ1n) is 8.93. The van der Waals surface area contributed by atoms with Gasteiger partial charge in [-0.15, -0.1) is 0 Å². The Morgan fingerprint density at radius 1 is 1.21 bits per heavy atom.